The van der Waals surface area contributed by atoms with Crippen molar-refractivity contribution in [2.24, 2.45) is 0 Å². The molecule has 0 saturated carbocycles. The summed E-state index contributed by atoms with van der Waals surface area (Å²) in [4.78, 5) is 14.7. The third-order valence-corrected chi connectivity index (χ3v) is 5.19. The van der Waals surface area contributed by atoms with Crippen molar-refractivity contribution in [2.45, 2.75) is 26.2 Å². The Morgan fingerprint density at radius 1 is 1.10 bits per heavy atom. The number of ether oxygens (including phenoxy) is 4. The van der Waals surface area contributed by atoms with Crippen LogP contribution >= 0.6 is 0 Å². The molecule has 1 aliphatic heterocycles. The molecule has 0 spiro atoms. The fraction of sp³-hybridized carbons (Fsp3) is 0.409. The third-order valence-electron chi connectivity index (χ3n) is 5.19. The maximum absolute atomic E-state index is 13.0. The largest absolute Gasteiger partial charge is 0.507 e. The normalized spacial score (nSPS) is 13.1. The molecule has 0 unspecified atom stereocenters. The Labute approximate surface area is 170 Å². The van der Waals surface area contributed by atoms with E-state index in [2.05, 4.69) is 0 Å². The summed E-state index contributed by atoms with van der Waals surface area (Å²) >= 11 is 0. The minimum absolute atomic E-state index is 0.00469. The predicted octanol–water partition coefficient (Wildman–Crippen LogP) is 3.53. The smallest absolute Gasteiger partial charge is 0.231 e. The molecule has 0 aromatic heterocycles. The molecule has 1 aliphatic rings. The van der Waals surface area contributed by atoms with Crippen molar-refractivity contribution in [3.8, 4) is 28.7 Å². The highest BCUT2D eigenvalue weighted by molar-refractivity contribution is 5.78. The van der Waals surface area contributed by atoms with Gasteiger partial charge in [-0.05, 0) is 31.5 Å². The summed E-state index contributed by atoms with van der Waals surface area (Å²) in [5.74, 6) is 1.78. The summed E-state index contributed by atoms with van der Waals surface area (Å²) in [5, 5.41) is 10.8. The molecular formula is C22H27NO6. The second-order valence-corrected chi connectivity index (χ2v) is 6.70. The number of nitrogens with zero attached hydrogens (tertiary/aromatic N) is 1. The molecule has 7 nitrogen and oxygen atoms in total. The van der Waals surface area contributed by atoms with Gasteiger partial charge in [-0.25, -0.2) is 0 Å². The van der Waals surface area contributed by atoms with Crippen LogP contribution in [0.5, 0.6) is 28.7 Å². The van der Waals surface area contributed by atoms with Crippen molar-refractivity contribution in [1.82, 2.24) is 4.90 Å². The number of carbonyl (C=O) groups is 1. The standard InChI is InChI=1S/C22H27NO6/c1-5-23(6-2)21(25)12-16(14-7-8-18-19(9-14)29-13-28-18)22-17(24)10-15(26-3)11-20(22)27-4/h7-11,16,24H,5-6,12-13H2,1-4H3/t16-/m1/s1. The van der Waals surface area contributed by atoms with Crippen LogP contribution in [0.15, 0.2) is 30.3 Å². The van der Waals surface area contributed by atoms with Gasteiger partial charge in [0.05, 0.1) is 14.2 Å². The number of hydrogen-bond donors (Lipinski definition) is 1. The van der Waals surface area contributed by atoms with E-state index >= 15 is 0 Å². The molecule has 1 heterocycles. The first-order valence-corrected chi connectivity index (χ1v) is 9.64. The molecule has 29 heavy (non-hydrogen) atoms. The van der Waals surface area contributed by atoms with E-state index in [4.69, 9.17) is 18.9 Å². The summed E-state index contributed by atoms with van der Waals surface area (Å²) in [6.07, 6.45) is 0.178. The van der Waals surface area contributed by atoms with Crippen LogP contribution in [-0.4, -0.2) is 50.0 Å². The zero-order valence-electron chi connectivity index (χ0n) is 17.2. The van der Waals surface area contributed by atoms with Gasteiger partial charge in [-0.2, -0.15) is 0 Å². The van der Waals surface area contributed by atoms with E-state index in [1.807, 2.05) is 32.0 Å². The molecule has 2 aromatic carbocycles. The molecule has 1 N–H and O–H groups in total. The van der Waals surface area contributed by atoms with Crippen molar-refractivity contribution in [3.05, 3.63) is 41.5 Å². The predicted molar refractivity (Wildman–Crippen MR) is 108 cm³/mol. The molecule has 0 saturated heterocycles. The fourth-order valence-electron chi connectivity index (χ4n) is 3.62. The van der Waals surface area contributed by atoms with Crippen LogP contribution < -0.4 is 18.9 Å². The van der Waals surface area contributed by atoms with Crippen molar-refractivity contribution in [3.63, 3.8) is 0 Å². The molecule has 0 bridgehead atoms. The van der Waals surface area contributed by atoms with Crippen molar-refractivity contribution < 1.29 is 28.8 Å². The number of hydrogen-bond acceptors (Lipinski definition) is 6. The number of aromatic hydroxyl groups is 1. The van der Waals surface area contributed by atoms with Gasteiger partial charge in [-0.15, -0.1) is 0 Å². The minimum Gasteiger partial charge on any atom is -0.507 e. The van der Waals surface area contributed by atoms with Crippen LogP contribution in [0, 0.1) is 0 Å². The lowest BCUT2D eigenvalue weighted by Gasteiger charge is -2.25. The van der Waals surface area contributed by atoms with E-state index < -0.39 is 5.92 Å². The van der Waals surface area contributed by atoms with Gasteiger partial charge in [0, 0.05) is 43.1 Å². The Kier molecular flexibility index (Phi) is 6.36. The number of phenols is 1. The maximum atomic E-state index is 13.0. The van der Waals surface area contributed by atoms with Gasteiger partial charge in [0.15, 0.2) is 11.5 Å². The van der Waals surface area contributed by atoms with Gasteiger partial charge in [-0.1, -0.05) is 6.07 Å². The molecule has 1 amide bonds. The lowest BCUT2D eigenvalue weighted by atomic mass is 9.86. The highest BCUT2D eigenvalue weighted by Crippen LogP contribution is 2.45. The Balaban J connectivity index is 2.09. The number of rotatable bonds is 8. The van der Waals surface area contributed by atoms with Gasteiger partial charge >= 0.3 is 0 Å². The van der Waals surface area contributed by atoms with Crippen LogP contribution in [0.3, 0.4) is 0 Å². The molecule has 3 rings (SSSR count). The van der Waals surface area contributed by atoms with Crippen molar-refractivity contribution in [2.75, 3.05) is 34.1 Å². The van der Waals surface area contributed by atoms with Crippen LogP contribution in [0.2, 0.25) is 0 Å². The fourth-order valence-corrected chi connectivity index (χ4v) is 3.62. The minimum atomic E-state index is -0.432. The molecule has 7 heteroatoms. The average molecular weight is 401 g/mol. The number of methoxy groups -OCH3 is 2. The molecule has 1 atom stereocenters. The number of carbonyl (C=O) groups excluding carboxylic acids is 1. The first-order valence-electron chi connectivity index (χ1n) is 9.64. The van der Waals surface area contributed by atoms with Crippen LogP contribution in [-0.2, 0) is 4.79 Å². The summed E-state index contributed by atoms with van der Waals surface area (Å²) in [6, 6.07) is 8.79. The van der Waals surface area contributed by atoms with Crippen molar-refractivity contribution in [1.29, 1.82) is 0 Å². The molecule has 0 aliphatic carbocycles. The summed E-state index contributed by atoms with van der Waals surface area (Å²) < 4.78 is 21.7. The SMILES string of the molecule is CCN(CC)C(=O)C[C@H](c1ccc2c(c1)OCO2)c1c(O)cc(OC)cc1OC. The second kappa shape index (κ2) is 8.94. The number of benzene rings is 2. The Morgan fingerprint density at radius 3 is 2.48 bits per heavy atom. The van der Waals surface area contributed by atoms with Crippen molar-refractivity contribution >= 4 is 5.91 Å². The monoisotopic (exact) mass is 401 g/mol. The van der Waals surface area contributed by atoms with Gasteiger partial charge in [0.25, 0.3) is 0 Å². The zero-order chi connectivity index (χ0) is 21.0. The summed E-state index contributed by atoms with van der Waals surface area (Å²) in [5.41, 5.74) is 1.36. The van der Waals surface area contributed by atoms with Gasteiger partial charge in [-0.3, -0.25) is 4.79 Å². The second-order valence-electron chi connectivity index (χ2n) is 6.70. The first-order chi connectivity index (χ1) is 14.0. The van der Waals surface area contributed by atoms with E-state index in [0.29, 0.717) is 41.7 Å². The van der Waals surface area contributed by atoms with E-state index in [0.717, 1.165) is 5.56 Å². The zero-order valence-corrected chi connectivity index (χ0v) is 17.2. The molecule has 156 valence electrons. The van der Waals surface area contributed by atoms with E-state index in [1.54, 1.807) is 11.0 Å². The van der Waals surface area contributed by atoms with Crippen LogP contribution in [0.25, 0.3) is 0 Å². The molecular weight excluding hydrogens is 374 g/mol. The molecule has 0 fully saturated rings. The molecule has 0 radical (unpaired) electrons. The van der Waals surface area contributed by atoms with Gasteiger partial charge in [0.2, 0.25) is 12.7 Å². The van der Waals surface area contributed by atoms with Crippen LogP contribution in [0.4, 0.5) is 0 Å². The summed E-state index contributed by atoms with van der Waals surface area (Å²) in [6.45, 7) is 5.30. The van der Waals surface area contributed by atoms with E-state index in [9.17, 15) is 9.90 Å². The Bertz CT molecular complexity index is 878. The Hall–Kier alpha value is -3.09. The average Bonchev–Trinajstić information content (AvgIpc) is 3.20. The maximum Gasteiger partial charge on any atom is 0.231 e. The first kappa shape index (κ1) is 20.6. The van der Waals surface area contributed by atoms with E-state index in [-0.39, 0.29) is 24.9 Å². The lowest BCUT2D eigenvalue weighted by Crippen LogP contribution is -2.31. The van der Waals surface area contributed by atoms with Crippen LogP contribution in [0.1, 0.15) is 37.3 Å². The van der Waals surface area contributed by atoms with Gasteiger partial charge < -0.3 is 29.0 Å². The molecule has 2 aromatic rings. The highest BCUT2D eigenvalue weighted by atomic mass is 16.7. The number of amides is 1. The topological polar surface area (TPSA) is 77.5 Å². The quantitative estimate of drug-likeness (QED) is 0.729. The number of fused-ring (bicyclic) bond motifs is 1. The highest BCUT2D eigenvalue weighted by Gasteiger charge is 2.28. The summed E-state index contributed by atoms with van der Waals surface area (Å²) in [7, 11) is 3.05. The van der Waals surface area contributed by atoms with Gasteiger partial charge in [0.1, 0.15) is 17.2 Å². The number of phenolic OH excluding ortho intramolecular Hbond substituents is 1. The Morgan fingerprint density at radius 2 is 1.83 bits per heavy atom. The lowest BCUT2D eigenvalue weighted by molar-refractivity contribution is -0.131. The third kappa shape index (κ3) is 4.18. The van der Waals surface area contributed by atoms with E-state index in [1.165, 1.54) is 20.3 Å².